The molecule has 25 heteroatoms. The number of carbonyl (C=O) groups excluding carboxylic acids is 8. The Balaban J connectivity index is 0.000000210. The Bertz CT molecular complexity index is 3760. The average molecular weight is 1310 g/mol. The number of benzene rings is 8. The number of nitrogens with one attached hydrogen (secondary N) is 4. The molecule has 0 aliphatic heterocycles. The molecule has 0 bridgehead atoms. The topological polar surface area (TPSA) is 303 Å². The second-order valence-corrected chi connectivity index (χ2v) is 22.6. The number of aromatic nitrogens is 12. The average Bonchev–Trinajstić information content (AvgIpc) is 1.65. The monoisotopic (exact) mass is 1300 g/mol. The van der Waals surface area contributed by atoms with Gasteiger partial charge in [0.1, 0.15) is 25.9 Å². The molecule has 0 unspecified atom stereocenters. The van der Waals surface area contributed by atoms with Crippen LogP contribution in [0.1, 0.15) is 38.9 Å². The molecule has 0 saturated carbocycles. The second kappa shape index (κ2) is 42.2. The van der Waals surface area contributed by atoms with E-state index in [0.29, 0.717) is 5.56 Å². The standard InChI is InChI=1S/3C16H15N3S.C15H12FN3S.4CO2/c3*1-12-2-6-14(7-3-12)15-8-4-13(5-9-15)11-20-16-10-17-19-18-16;16-14-4-2-1-3-13(14)12-7-5-11(6-8-12)10-20-15-9-17-19-18-15;4*2-1-3/h3*2-10H,11H2,1H3,(H,17,18,19);1-9H,10H2,(H,17,18,19);;;;. The number of hydrogen-bond donors (Lipinski definition) is 4. The fraction of sp³-hybridized carbons (Fsp3) is 0.104. The number of rotatable bonds is 16. The molecular weight excluding hydrogens is 1250 g/mol. The van der Waals surface area contributed by atoms with E-state index in [0.717, 1.165) is 54.2 Å². The van der Waals surface area contributed by atoms with Crippen LogP contribution in [-0.2, 0) is 61.4 Å². The van der Waals surface area contributed by atoms with Crippen molar-refractivity contribution in [2.45, 2.75) is 63.9 Å². The summed E-state index contributed by atoms with van der Waals surface area (Å²) in [5.41, 5.74) is 17.9. The van der Waals surface area contributed by atoms with E-state index in [9.17, 15) is 4.39 Å². The molecule has 4 aromatic heterocycles. The number of nitrogens with zero attached hydrogens (tertiary/aromatic N) is 8. The molecule has 0 amide bonds. The van der Waals surface area contributed by atoms with Crippen molar-refractivity contribution < 1.29 is 42.7 Å². The highest BCUT2D eigenvalue weighted by molar-refractivity contribution is 7.99. The number of H-pyrrole nitrogens is 4. The summed E-state index contributed by atoms with van der Waals surface area (Å²) in [6.07, 6.45) is 7.92. The van der Waals surface area contributed by atoms with Crippen molar-refractivity contribution in [3.8, 4) is 44.5 Å². The fourth-order valence-corrected chi connectivity index (χ4v) is 10.7. The molecule has 4 heterocycles. The highest BCUT2D eigenvalue weighted by Gasteiger charge is 2.07. The van der Waals surface area contributed by atoms with Crippen LogP contribution >= 0.6 is 47.0 Å². The molecule has 8 aromatic carbocycles. The lowest BCUT2D eigenvalue weighted by atomic mass is 10.0. The number of thioether (sulfide) groups is 4. The lowest BCUT2D eigenvalue weighted by Crippen LogP contribution is -1.85. The van der Waals surface area contributed by atoms with Gasteiger partial charge in [0.15, 0.2) is 0 Å². The highest BCUT2D eigenvalue weighted by Crippen LogP contribution is 2.29. The Kier molecular flexibility index (Phi) is 33.0. The zero-order chi connectivity index (χ0) is 66.0. The molecule has 92 heavy (non-hydrogen) atoms. The SMILES string of the molecule is Cc1ccc(-c2ccc(CSc3cn[nH]n3)cc2)cc1.Cc1ccc(-c2ccc(CSc3cn[nH]n3)cc2)cc1.Cc1ccc(-c2ccc(CSc3cn[nH]n3)cc2)cc1.Fc1ccccc1-c1ccc(CSc2cn[nH]n2)cc1.O=C=O.O=C=O.O=C=O.O=C=O. The minimum atomic E-state index is -0.197. The van der Waals surface area contributed by atoms with E-state index >= 15 is 0 Å². The molecule has 12 rings (SSSR count). The van der Waals surface area contributed by atoms with E-state index < -0.39 is 0 Å². The van der Waals surface area contributed by atoms with Crippen molar-refractivity contribution in [2.75, 3.05) is 0 Å². The predicted molar refractivity (Wildman–Crippen MR) is 345 cm³/mol. The van der Waals surface area contributed by atoms with Gasteiger partial charge in [-0.3, -0.25) is 0 Å². The minimum Gasteiger partial charge on any atom is -0.206 e. The summed E-state index contributed by atoms with van der Waals surface area (Å²) in [5, 5.41) is 45.3. The van der Waals surface area contributed by atoms with Gasteiger partial charge in [-0.05, 0) is 88.0 Å². The highest BCUT2D eigenvalue weighted by atomic mass is 32.2. The van der Waals surface area contributed by atoms with Crippen LogP contribution in [0.15, 0.2) is 239 Å². The van der Waals surface area contributed by atoms with Crippen LogP contribution in [0.25, 0.3) is 44.5 Å². The van der Waals surface area contributed by atoms with Gasteiger partial charge in [0, 0.05) is 28.6 Å². The molecule has 464 valence electrons. The van der Waals surface area contributed by atoms with Gasteiger partial charge in [0.2, 0.25) is 0 Å². The molecule has 12 aromatic rings. The first kappa shape index (κ1) is 71.9. The third kappa shape index (κ3) is 26.9. The van der Waals surface area contributed by atoms with E-state index in [1.165, 1.54) is 72.8 Å². The van der Waals surface area contributed by atoms with Gasteiger partial charge in [0.05, 0.1) is 24.8 Å². The number of aryl methyl sites for hydroxylation is 3. The van der Waals surface area contributed by atoms with Gasteiger partial charge in [0.25, 0.3) is 0 Å². The molecule has 0 radical (unpaired) electrons. The maximum absolute atomic E-state index is 13.7. The molecule has 0 fully saturated rings. The zero-order valence-corrected chi connectivity index (χ0v) is 52.7. The zero-order valence-electron chi connectivity index (χ0n) is 49.5. The predicted octanol–water partition coefficient (Wildman–Crippen LogP) is 13.8. The molecule has 20 nitrogen and oxygen atoms in total. The molecule has 0 atom stereocenters. The van der Waals surface area contributed by atoms with Gasteiger partial charge in [-0.2, -0.15) is 79.6 Å². The van der Waals surface area contributed by atoms with E-state index in [1.807, 2.05) is 30.3 Å². The van der Waals surface area contributed by atoms with Gasteiger partial charge >= 0.3 is 24.6 Å². The number of hydrogen-bond acceptors (Lipinski definition) is 20. The maximum atomic E-state index is 13.7. The lowest BCUT2D eigenvalue weighted by molar-refractivity contribution is -0.193. The van der Waals surface area contributed by atoms with Gasteiger partial charge in [-0.15, -0.1) is 20.4 Å². The van der Waals surface area contributed by atoms with Crippen LogP contribution < -0.4 is 0 Å². The van der Waals surface area contributed by atoms with Crippen molar-refractivity contribution in [3.05, 3.63) is 264 Å². The summed E-state index contributed by atoms with van der Waals surface area (Å²) >= 11 is 6.64. The van der Waals surface area contributed by atoms with E-state index in [1.54, 1.807) is 84.0 Å². The first-order valence-electron chi connectivity index (χ1n) is 27.2. The van der Waals surface area contributed by atoms with Crippen molar-refractivity contribution in [1.29, 1.82) is 0 Å². The minimum absolute atomic E-state index is 0.197. The van der Waals surface area contributed by atoms with E-state index in [-0.39, 0.29) is 30.4 Å². The number of halogens is 1. The maximum Gasteiger partial charge on any atom is 0.373 e. The summed E-state index contributed by atoms with van der Waals surface area (Å²) in [4.78, 5) is 65.0. The van der Waals surface area contributed by atoms with Crippen LogP contribution in [0.5, 0.6) is 0 Å². The first-order valence-corrected chi connectivity index (χ1v) is 31.1. The fourth-order valence-electron chi connectivity index (χ4n) is 7.77. The molecule has 0 aliphatic rings. The Morgan fingerprint density at radius 3 is 0.717 bits per heavy atom. The lowest BCUT2D eigenvalue weighted by Gasteiger charge is -2.05. The summed E-state index contributed by atoms with van der Waals surface area (Å²) in [7, 11) is 0. The second-order valence-electron chi connectivity index (χ2n) is 18.6. The quantitative estimate of drug-likeness (QED) is 0.0653. The Labute approximate surface area is 544 Å². The molecule has 4 N–H and O–H groups in total. The summed E-state index contributed by atoms with van der Waals surface area (Å²) in [6.45, 7) is 6.32. The van der Waals surface area contributed by atoms with Crippen LogP contribution in [0.3, 0.4) is 0 Å². The Hall–Kier alpha value is -10.8. The van der Waals surface area contributed by atoms with Crippen LogP contribution in [-0.4, -0.2) is 86.2 Å². The third-order valence-electron chi connectivity index (χ3n) is 12.3. The third-order valence-corrected chi connectivity index (χ3v) is 16.2. The van der Waals surface area contributed by atoms with E-state index in [4.69, 9.17) is 38.4 Å². The van der Waals surface area contributed by atoms with Crippen molar-refractivity contribution in [2.24, 2.45) is 0 Å². The van der Waals surface area contributed by atoms with E-state index in [2.05, 4.69) is 228 Å². The van der Waals surface area contributed by atoms with Crippen LogP contribution in [0.4, 0.5) is 4.39 Å². The van der Waals surface area contributed by atoms with Crippen LogP contribution in [0.2, 0.25) is 0 Å². The van der Waals surface area contributed by atoms with Gasteiger partial charge in [-0.1, -0.05) is 252 Å². The number of aromatic amines is 4. The smallest absolute Gasteiger partial charge is 0.206 e. The van der Waals surface area contributed by atoms with Crippen molar-refractivity contribution in [1.82, 2.24) is 61.6 Å². The summed E-state index contributed by atoms with van der Waals surface area (Å²) < 4.78 is 13.7. The van der Waals surface area contributed by atoms with Gasteiger partial charge < -0.3 is 0 Å². The van der Waals surface area contributed by atoms with Crippen LogP contribution in [0, 0.1) is 26.6 Å². The summed E-state index contributed by atoms with van der Waals surface area (Å²) in [5.74, 6) is 3.32. The molecule has 0 saturated heterocycles. The van der Waals surface area contributed by atoms with Gasteiger partial charge in [-0.25, -0.2) is 4.39 Å². The van der Waals surface area contributed by atoms with Crippen molar-refractivity contribution >= 4 is 71.7 Å². The molecule has 0 spiro atoms. The largest absolute Gasteiger partial charge is 0.373 e. The normalized spacial score (nSPS) is 9.61. The Morgan fingerprint density at radius 1 is 0.304 bits per heavy atom. The summed E-state index contributed by atoms with van der Waals surface area (Å²) in [6, 6.07) is 66.6. The van der Waals surface area contributed by atoms with Crippen molar-refractivity contribution in [3.63, 3.8) is 0 Å². The first-order chi connectivity index (χ1) is 44.9. The Morgan fingerprint density at radius 2 is 0.511 bits per heavy atom. The molecular formula is C67H57FN12O8S4. The molecule has 0 aliphatic carbocycles.